The van der Waals surface area contributed by atoms with Gasteiger partial charge in [0.25, 0.3) is 0 Å². The van der Waals surface area contributed by atoms with Crippen molar-refractivity contribution in [2.45, 2.75) is 39.5 Å². The molecule has 5 nitrogen and oxygen atoms in total. The molecule has 1 aromatic heterocycles. The van der Waals surface area contributed by atoms with Gasteiger partial charge in [-0.1, -0.05) is 31.2 Å². The molecule has 0 aliphatic heterocycles. The number of aryl methyl sites for hydroxylation is 3. The van der Waals surface area contributed by atoms with Gasteiger partial charge in [0.1, 0.15) is 5.82 Å². The van der Waals surface area contributed by atoms with Crippen molar-refractivity contribution in [1.82, 2.24) is 9.97 Å². The van der Waals surface area contributed by atoms with Crippen LogP contribution in [0.4, 0.5) is 23.1 Å². The fourth-order valence-electron chi connectivity index (χ4n) is 3.48. The van der Waals surface area contributed by atoms with Crippen LogP contribution >= 0.6 is 0 Å². The lowest BCUT2D eigenvalue weighted by Crippen LogP contribution is -2.17. The van der Waals surface area contributed by atoms with Crippen molar-refractivity contribution in [3.63, 3.8) is 0 Å². The lowest BCUT2D eigenvalue weighted by Gasteiger charge is -2.19. The van der Waals surface area contributed by atoms with Crippen molar-refractivity contribution >= 4 is 28.9 Å². The average Bonchev–Trinajstić information content (AvgIpc) is 2.68. The van der Waals surface area contributed by atoms with Crippen molar-refractivity contribution in [2.75, 3.05) is 10.6 Å². The zero-order valence-electron chi connectivity index (χ0n) is 16.2. The third-order valence-corrected chi connectivity index (χ3v) is 4.98. The Morgan fingerprint density at radius 2 is 1.79 bits per heavy atom. The van der Waals surface area contributed by atoms with Crippen molar-refractivity contribution in [1.29, 1.82) is 0 Å². The molecule has 0 bridgehead atoms. The maximum Gasteiger partial charge on any atom is 0.229 e. The van der Waals surface area contributed by atoms with Gasteiger partial charge in [-0.15, -0.1) is 0 Å². The van der Waals surface area contributed by atoms with Crippen LogP contribution in [0.15, 0.2) is 48.5 Å². The van der Waals surface area contributed by atoms with Gasteiger partial charge in [-0.3, -0.25) is 4.79 Å². The van der Waals surface area contributed by atoms with Crippen LogP contribution in [0.25, 0.3) is 0 Å². The first kappa shape index (κ1) is 18.2. The molecule has 1 heterocycles. The predicted molar refractivity (Wildman–Crippen MR) is 113 cm³/mol. The molecule has 4 rings (SSSR count). The number of carbonyl (C=O) groups excluding carboxylic acids is 1. The minimum absolute atomic E-state index is 0.107. The van der Waals surface area contributed by atoms with E-state index in [2.05, 4.69) is 39.7 Å². The van der Waals surface area contributed by atoms with E-state index in [0.717, 1.165) is 41.9 Å². The largest absolute Gasteiger partial charge is 0.339 e. The molecule has 142 valence electrons. The fraction of sp³-hybridized carbons (Fsp3) is 0.261. The number of hydrogen-bond acceptors (Lipinski definition) is 5. The smallest absolute Gasteiger partial charge is 0.229 e. The highest BCUT2D eigenvalue weighted by Crippen LogP contribution is 2.30. The van der Waals surface area contributed by atoms with Crippen LogP contribution < -0.4 is 10.6 Å². The summed E-state index contributed by atoms with van der Waals surface area (Å²) in [5.41, 5.74) is 5.71. The third-order valence-electron chi connectivity index (χ3n) is 4.98. The maximum atomic E-state index is 12.6. The van der Waals surface area contributed by atoms with E-state index in [9.17, 15) is 4.79 Å². The fourth-order valence-corrected chi connectivity index (χ4v) is 3.48. The first-order valence-electron chi connectivity index (χ1n) is 9.76. The minimum Gasteiger partial charge on any atom is -0.339 e. The molecule has 2 aromatic carbocycles. The van der Waals surface area contributed by atoms with E-state index >= 15 is 0 Å². The predicted octanol–water partition coefficient (Wildman–Crippen LogP) is 5.35. The van der Waals surface area contributed by atoms with Crippen LogP contribution in [-0.2, 0) is 12.8 Å². The third kappa shape index (κ3) is 3.88. The lowest BCUT2D eigenvalue weighted by atomic mass is 9.95. The summed E-state index contributed by atoms with van der Waals surface area (Å²) >= 11 is 0. The first-order valence-corrected chi connectivity index (χ1v) is 9.76. The Hall–Kier alpha value is -3.21. The molecule has 0 fully saturated rings. The van der Waals surface area contributed by atoms with E-state index in [1.54, 1.807) is 0 Å². The quantitative estimate of drug-likeness (QED) is 0.632. The number of benzene rings is 2. The van der Waals surface area contributed by atoms with Crippen molar-refractivity contribution < 1.29 is 4.79 Å². The van der Waals surface area contributed by atoms with E-state index < -0.39 is 0 Å². The Balaban J connectivity index is 1.70. The number of rotatable bonds is 5. The number of ketones is 1. The highest BCUT2D eigenvalue weighted by atomic mass is 16.1. The van der Waals surface area contributed by atoms with Gasteiger partial charge in [0.05, 0.1) is 11.3 Å². The Labute approximate surface area is 165 Å². The highest BCUT2D eigenvalue weighted by molar-refractivity contribution is 6.03. The second-order valence-corrected chi connectivity index (χ2v) is 7.16. The number of hydrogen-bond donors (Lipinski definition) is 2. The van der Waals surface area contributed by atoms with E-state index in [0.29, 0.717) is 23.8 Å². The Bertz CT molecular complexity index is 1010. The van der Waals surface area contributed by atoms with Crippen molar-refractivity contribution in [3.8, 4) is 0 Å². The first-order chi connectivity index (χ1) is 13.6. The van der Waals surface area contributed by atoms with Gasteiger partial charge in [-0.2, -0.15) is 4.98 Å². The van der Waals surface area contributed by atoms with Crippen LogP contribution in [0.5, 0.6) is 0 Å². The molecule has 3 aromatic rings. The number of nitrogens with one attached hydrogen (secondary N) is 2. The monoisotopic (exact) mass is 372 g/mol. The highest BCUT2D eigenvalue weighted by Gasteiger charge is 2.24. The number of carbonyl (C=O) groups is 1. The minimum atomic E-state index is 0.107. The van der Waals surface area contributed by atoms with Crippen LogP contribution in [0.2, 0.25) is 0 Å². The molecule has 1 aliphatic carbocycles. The molecule has 5 heteroatoms. The number of fused-ring (bicyclic) bond motifs is 1. The molecule has 0 saturated carbocycles. The maximum absolute atomic E-state index is 12.6. The van der Waals surface area contributed by atoms with Gasteiger partial charge in [-0.05, 0) is 61.6 Å². The van der Waals surface area contributed by atoms with Crippen LogP contribution in [0, 0.1) is 6.92 Å². The zero-order chi connectivity index (χ0) is 19.5. The van der Waals surface area contributed by atoms with Crippen LogP contribution in [-0.4, -0.2) is 15.8 Å². The van der Waals surface area contributed by atoms with E-state index in [4.69, 9.17) is 0 Å². The molecule has 0 spiro atoms. The topological polar surface area (TPSA) is 66.9 Å². The van der Waals surface area contributed by atoms with Crippen molar-refractivity contribution in [3.05, 3.63) is 70.9 Å². The molecule has 2 N–H and O–H groups in total. The summed E-state index contributed by atoms with van der Waals surface area (Å²) in [5, 5.41) is 6.62. The molecule has 0 amide bonds. The molecule has 0 atom stereocenters. The summed E-state index contributed by atoms with van der Waals surface area (Å²) in [6.07, 6.45) is 3.17. The normalized spacial score (nSPS) is 13.1. The second-order valence-electron chi connectivity index (χ2n) is 7.16. The number of Topliss-reactive ketones (excluding diaryl/α,β-unsaturated/α-hetero) is 1. The Kier molecular flexibility index (Phi) is 5.06. The number of anilines is 4. The molecule has 0 unspecified atom stereocenters. The molecule has 28 heavy (non-hydrogen) atoms. The summed E-state index contributed by atoms with van der Waals surface area (Å²) in [4.78, 5) is 21.8. The van der Waals surface area contributed by atoms with Gasteiger partial charge in [-0.25, -0.2) is 4.98 Å². The van der Waals surface area contributed by atoms with Gasteiger partial charge in [0, 0.05) is 17.8 Å². The van der Waals surface area contributed by atoms with Crippen LogP contribution in [0.3, 0.4) is 0 Å². The number of nitrogens with zero attached hydrogens (tertiary/aromatic N) is 2. The van der Waals surface area contributed by atoms with E-state index in [-0.39, 0.29) is 5.78 Å². The zero-order valence-corrected chi connectivity index (χ0v) is 16.2. The summed E-state index contributed by atoms with van der Waals surface area (Å²) in [5.74, 6) is 1.19. The van der Waals surface area contributed by atoms with Gasteiger partial charge < -0.3 is 10.6 Å². The molecular formula is C23H24N4O. The summed E-state index contributed by atoms with van der Waals surface area (Å²) in [6, 6.07) is 16.3. The summed E-state index contributed by atoms with van der Waals surface area (Å²) in [6.45, 7) is 4.17. The molecule has 1 aliphatic rings. The molecule has 0 saturated heterocycles. The number of aromatic nitrogens is 2. The van der Waals surface area contributed by atoms with Gasteiger partial charge in [0.2, 0.25) is 5.95 Å². The Morgan fingerprint density at radius 1 is 0.964 bits per heavy atom. The second kappa shape index (κ2) is 7.80. The molecular weight excluding hydrogens is 348 g/mol. The molecule has 0 radical (unpaired) electrons. The van der Waals surface area contributed by atoms with Gasteiger partial charge >= 0.3 is 0 Å². The van der Waals surface area contributed by atoms with Crippen molar-refractivity contribution in [2.24, 2.45) is 0 Å². The Morgan fingerprint density at radius 3 is 2.54 bits per heavy atom. The average molecular weight is 372 g/mol. The standard InChI is InChI=1S/C23H24N4O/c1-3-16-10-12-17(13-11-16)25-23-26-19-8-5-9-20(28)21(19)22(27-23)24-18-7-4-6-15(2)14-18/h4,6-7,10-14H,3,5,8-9H2,1-2H3,(H2,24,25,26,27). The van der Waals surface area contributed by atoms with E-state index in [1.807, 2.05) is 43.3 Å². The summed E-state index contributed by atoms with van der Waals surface area (Å²) in [7, 11) is 0. The summed E-state index contributed by atoms with van der Waals surface area (Å²) < 4.78 is 0. The lowest BCUT2D eigenvalue weighted by molar-refractivity contribution is 0.0972. The van der Waals surface area contributed by atoms with Gasteiger partial charge in [0.15, 0.2) is 5.78 Å². The van der Waals surface area contributed by atoms with Crippen LogP contribution in [0.1, 0.15) is 46.9 Å². The SMILES string of the molecule is CCc1ccc(Nc2nc3c(c(Nc4cccc(C)c4)n2)C(=O)CCC3)cc1. The van der Waals surface area contributed by atoms with E-state index in [1.165, 1.54) is 5.56 Å².